The molecule has 0 aromatic heterocycles. The zero-order valence-electron chi connectivity index (χ0n) is 23.6. The molecule has 0 saturated heterocycles. The molecule has 7 nitrogen and oxygen atoms in total. The Kier molecular flexibility index (Phi) is 10.4. The SMILES string of the molecule is CCNC(=O)[C@@H](Cc1ccccc1)N(Cc1ccccc1)C(=O)CN(c1cccc(C)c1)S(=O)(=O)c1ccc(Cl)cc1. The van der Waals surface area contributed by atoms with Crippen molar-refractivity contribution in [2.45, 2.75) is 37.8 Å². The molecule has 0 radical (unpaired) electrons. The highest BCUT2D eigenvalue weighted by Crippen LogP contribution is 2.26. The molecule has 0 aliphatic rings. The number of aryl methyl sites for hydroxylation is 1. The number of benzene rings is 4. The van der Waals surface area contributed by atoms with Gasteiger partial charge in [0.1, 0.15) is 12.6 Å². The topological polar surface area (TPSA) is 86.8 Å². The minimum absolute atomic E-state index is 0.000349. The summed E-state index contributed by atoms with van der Waals surface area (Å²) in [5.74, 6) is -0.821. The number of anilines is 1. The largest absolute Gasteiger partial charge is 0.355 e. The standard InChI is InChI=1S/C33H34ClN3O4S/c1-3-35-33(39)31(22-26-12-6-4-7-13-26)36(23-27-14-8-5-9-15-27)32(38)24-37(29-16-10-11-25(2)21-29)42(40,41)30-19-17-28(34)18-20-30/h4-21,31H,3,22-24H2,1-2H3,(H,35,39)/t31-/m1/s1. The van der Waals surface area contributed by atoms with Gasteiger partial charge in [0.2, 0.25) is 11.8 Å². The second kappa shape index (κ2) is 14.2. The summed E-state index contributed by atoms with van der Waals surface area (Å²) in [5, 5.41) is 3.26. The summed E-state index contributed by atoms with van der Waals surface area (Å²) in [7, 11) is -4.18. The zero-order valence-corrected chi connectivity index (χ0v) is 25.2. The second-order valence-corrected chi connectivity index (χ2v) is 12.2. The number of amides is 2. The van der Waals surface area contributed by atoms with Crippen molar-refractivity contribution in [1.29, 1.82) is 0 Å². The van der Waals surface area contributed by atoms with Crippen molar-refractivity contribution in [2.75, 3.05) is 17.4 Å². The Morgan fingerprint density at radius 3 is 2.05 bits per heavy atom. The highest BCUT2D eigenvalue weighted by atomic mass is 35.5. The quantitative estimate of drug-likeness (QED) is 0.228. The van der Waals surface area contributed by atoms with E-state index in [4.69, 9.17) is 11.6 Å². The monoisotopic (exact) mass is 603 g/mol. The van der Waals surface area contributed by atoms with Gasteiger partial charge in [-0.2, -0.15) is 0 Å². The van der Waals surface area contributed by atoms with Gasteiger partial charge < -0.3 is 10.2 Å². The molecule has 0 bridgehead atoms. The van der Waals surface area contributed by atoms with Gasteiger partial charge in [-0.25, -0.2) is 8.42 Å². The molecule has 4 aromatic carbocycles. The van der Waals surface area contributed by atoms with E-state index < -0.39 is 28.5 Å². The third kappa shape index (κ3) is 7.78. The number of halogens is 1. The fourth-order valence-corrected chi connectivity index (χ4v) is 6.20. The molecule has 0 aliphatic carbocycles. The molecule has 0 unspecified atom stereocenters. The number of rotatable bonds is 12. The van der Waals surface area contributed by atoms with Gasteiger partial charge in [0.15, 0.2) is 0 Å². The first-order chi connectivity index (χ1) is 20.2. The Balaban J connectivity index is 1.78. The third-order valence-corrected chi connectivity index (χ3v) is 8.83. The van der Waals surface area contributed by atoms with Crippen LogP contribution in [0.3, 0.4) is 0 Å². The maximum atomic E-state index is 14.3. The van der Waals surface area contributed by atoms with Crippen molar-refractivity contribution >= 4 is 39.1 Å². The lowest BCUT2D eigenvalue weighted by molar-refractivity contribution is -0.140. The second-order valence-electron chi connectivity index (χ2n) is 9.91. The van der Waals surface area contributed by atoms with Crippen LogP contribution < -0.4 is 9.62 Å². The lowest BCUT2D eigenvalue weighted by atomic mass is 10.0. The zero-order chi connectivity index (χ0) is 30.1. The minimum Gasteiger partial charge on any atom is -0.355 e. The summed E-state index contributed by atoms with van der Waals surface area (Å²) in [6, 6.07) is 30.7. The van der Waals surface area contributed by atoms with E-state index >= 15 is 0 Å². The fourth-order valence-electron chi connectivity index (χ4n) is 4.67. The van der Waals surface area contributed by atoms with E-state index in [-0.39, 0.29) is 23.8 Å². The number of hydrogen-bond acceptors (Lipinski definition) is 4. The van der Waals surface area contributed by atoms with Crippen molar-refractivity contribution in [1.82, 2.24) is 10.2 Å². The van der Waals surface area contributed by atoms with Crippen LogP contribution in [0.15, 0.2) is 114 Å². The molecular weight excluding hydrogens is 570 g/mol. The Labute approximate surface area is 252 Å². The number of nitrogens with one attached hydrogen (secondary N) is 1. The van der Waals surface area contributed by atoms with E-state index in [1.165, 1.54) is 29.2 Å². The number of carbonyl (C=O) groups is 2. The molecule has 4 rings (SSSR count). The molecule has 0 heterocycles. The molecule has 0 aliphatic heterocycles. The number of nitrogens with zero attached hydrogens (tertiary/aromatic N) is 2. The van der Waals surface area contributed by atoms with E-state index in [1.54, 1.807) is 18.2 Å². The van der Waals surface area contributed by atoms with Crippen LogP contribution in [0.4, 0.5) is 5.69 Å². The summed E-state index contributed by atoms with van der Waals surface area (Å²) in [6.07, 6.45) is 0.264. The maximum Gasteiger partial charge on any atom is 0.264 e. The van der Waals surface area contributed by atoms with Gasteiger partial charge in [-0.05, 0) is 66.9 Å². The van der Waals surface area contributed by atoms with Gasteiger partial charge in [0.05, 0.1) is 10.6 Å². The molecule has 9 heteroatoms. The molecule has 0 fully saturated rings. The highest BCUT2D eigenvalue weighted by molar-refractivity contribution is 7.92. The Morgan fingerprint density at radius 1 is 0.833 bits per heavy atom. The van der Waals surface area contributed by atoms with Crippen LogP contribution in [-0.2, 0) is 32.6 Å². The van der Waals surface area contributed by atoms with Crippen molar-refractivity contribution in [3.05, 3.63) is 131 Å². The average molecular weight is 604 g/mol. The molecule has 4 aromatic rings. The van der Waals surface area contributed by atoms with Crippen molar-refractivity contribution < 1.29 is 18.0 Å². The Hall–Kier alpha value is -4.14. The van der Waals surface area contributed by atoms with E-state index in [2.05, 4.69) is 5.32 Å². The summed E-state index contributed by atoms with van der Waals surface area (Å²) in [5.41, 5.74) is 2.87. The normalized spacial score (nSPS) is 11.9. The molecule has 1 N–H and O–H groups in total. The molecule has 0 spiro atoms. The Morgan fingerprint density at radius 2 is 1.45 bits per heavy atom. The van der Waals surface area contributed by atoms with E-state index in [1.807, 2.05) is 80.6 Å². The number of sulfonamides is 1. The first-order valence-corrected chi connectivity index (χ1v) is 15.5. The van der Waals surface area contributed by atoms with Gasteiger partial charge in [0.25, 0.3) is 10.0 Å². The highest BCUT2D eigenvalue weighted by Gasteiger charge is 2.34. The summed E-state index contributed by atoms with van der Waals surface area (Å²) < 4.78 is 29.1. The summed E-state index contributed by atoms with van der Waals surface area (Å²) in [4.78, 5) is 29.3. The fraction of sp³-hybridized carbons (Fsp3) is 0.212. The van der Waals surface area contributed by atoms with Crippen LogP contribution in [0.1, 0.15) is 23.6 Å². The van der Waals surface area contributed by atoms with Gasteiger partial charge in [0, 0.05) is 24.5 Å². The smallest absolute Gasteiger partial charge is 0.264 e. The van der Waals surface area contributed by atoms with E-state index in [0.717, 1.165) is 21.0 Å². The van der Waals surface area contributed by atoms with Crippen LogP contribution in [0.5, 0.6) is 0 Å². The van der Waals surface area contributed by atoms with Crippen molar-refractivity contribution in [3.63, 3.8) is 0 Å². The van der Waals surface area contributed by atoms with Crippen molar-refractivity contribution in [2.24, 2.45) is 0 Å². The summed E-state index contributed by atoms with van der Waals surface area (Å²) >= 11 is 6.03. The van der Waals surface area contributed by atoms with Gasteiger partial charge in [-0.1, -0.05) is 84.4 Å². The first kappa shape index (κ1) is 30.8. The van der Waals surface area contributed by atoms with Crippen LogP contribution >= 0.6 is 11.6 Å². The van der Waals surface area contributed by atoms with Gasteiger partial charge in [-0.15, -0.1) is 0 Å². The number of hydrogen-bond donors (Lipinski definition) is 1. The Bertz CT molecular complexity index is 1600. The predicted octanol–water partition coefficient (Wildman–Crippen LogP) is 5.62. The minimum atomic E-state index is -4.18. The molecule has 218 valence electrons. The van der Waals surface area contributed by atoms with Gasteiger partial charge >= 0.3 is 0 Å². The lowest BCUT2D eigenvalue weighted by Gasteiger charge is -2.34. The molecule has 1 atom stereocenters. The molecule has 0 saturated carbocycles. The maximum absolute atomic E-state index is 14.3. The third-order valence-electron chi connectivity index (χ3n) is 6.79. The summed E-state index contributed by atoms with van der Waals surface area (Å²) in [6.45, 7) is 3.67. The number of carbonyl (C=O) groups excluding carboxylic acids is 2. The van der Waals surface area contributed by atoms with Crippen LogP contribution in [0.25, 0.3) is 0 Å². The van der Waals surface area contributed by atoms with Crippen LogP contribution in [0, 0.1) is 6.92 Å². The average Bonchev–Trinajstić information content (AvgIpc) is 2.99. The first-order valence-electron chi connectivity index (χ1n) is 13.7. The number of likely N-dealkylation sites (N-methyl/N-ethyl adjacent to an activating group) is 1. The lowest BCUT2D eigenvalue weighted by Crippen LogP contribution is -2.53. The van der Waals surface area contributed by atoms with Crippen LogP contribution in [0.2, 0.25) is 5.02 Å². The van der Waals surface area contributed by atoms with Crippen LogP contribution in [-0.4, -0.2) is 44.3 Å². The van der Waals surface area contributed by atoms with E-state index in [0.29, 0.717) is 17.3 Å². The van der Waals surface area contributed by atoms with Gasteiger partial charge in [-0.3, -0.25) is 13.9 Å². The van der Waals surface area contributed by atoms with E-state index in [9.17, 15) is 18.0 Å². The predicted molar refractivity (Wildman–Crippen MR) is 167 cm³/mol. The molecular formula is C33H34ClN3O4S. The van der Waals surface area contributed by atoms with Crippen molar-refractivity contribution in [3.8, 4) is 0 Å². The molecule has 2 amide bonds. The molecule has 42 heavy (non-hydrogen) atoms.